The first-order valence-corrected chi connectivity index (χ1v) is 12.8. The topological polar surface area (TPSA) is 68.8 Å². The quantitative estimate of drug-likeness (QED) is 0.568. The second-order valence-electron chi connectivity index (χ2n) is 9.20. The molecule has 0 spiro atoms. The lowest BCUT2D eigenvalue weighted by atomic mass is 10.0. The fourth-order valence-corrected chi connectivity index (χ4v) is 5.17. The van der Waals surface area contributed by atoms with Gasteiger partial charge < -0.3 is 20.0 Å². The van der Waals surface area contributed by atoms with Gasteiger partial charge >= 0.3 is 0 Å². The molecule has 2 saturated heterocycles. The number of piperazine rings is 1. The Morgan fingerprint density at radius 2 is 1.44 bits per heavy atom. The second-order valence-corrected chi connectivity index (χ2v) is 9.61. The van der Waals surface area contributed by atoms with Crippen molar-refractivity contribution in [2.45, 2.75) is 18.9 Å². The third-order valence-corrected chi connectivity index (χ3v) is 7.29. The first-order valence-electron chi connectivity index (χ1n) is 12.4. The van der Waals surface area contributed by atoms with E-state index in [9.17, 15) is 9.59 Å². The minimum Gasteiger partial charge on any atom is -0.371 e. The molecule has 36 heavy (non-hydrogen) atoms. The first kappa shape index (κ1) is 24.1. The van der Waals surface area contributed by atoms with Crippen molar-refractivity contribution < 1.29 is 9.59 Å². The van der Waals surface area contributed by atoms with Gasteiger partial charge in [0.25, 0.3) is 11.8 Å². The fraction of sp³-hybridized carbons (Fsp3) is 0.321. The summed E-state index contributed by atoms with van der Waals surface area (Å²) >= 11 is 6.18. The number of nitrogens with one attached hydrogen (secondary N) is 1. The molecular weight excluding hydrogens is 474 g/mol. The molecule has 2 amide bonds. The van der Waals surface area contributed by atoms with Crippen molar-refractivity contribution in [3.8, 4) is 0 Å². The van der Waals surface area contributed by atoms with E-state index in [1.807, 2.05) is 59.5 Å². The summed E-state index contributed by atoms with van der Waals surface area (Å²) in [7, 11) is 0. The van der Waals surface area contributed by atoms with E-state index in [-0.39, 0.29) is 17.9 Å². The number of aromatic nitrogens is 1. The summed E-state index contributed by atoms with van der Waals surface area (Å²) in [6.45, 7) is 4.40. The van der Waals surface area contributed by atoms with Crippen LogP contribution in [0.15, 0.2) is 72.9 Å². The van der Waals surface area contributed by atoms with Gasteiger partial charge in [0, 0.05) is 57.2 Å². The molecular formula is C28H30ClN5O2. The van der Waals surface area contributed by atoms with E-state index < -0.39 is 0 Å². The maximum atomic E-state index is 13.5. The molecule has 0 radical (unpaired) electrons. The van der Waals surface area contributed by atoms with Crippen LogP contribution in [0.25, 0.3) is 0 Å². The number of rotatable bonds is 5. The highest BCUT2D eigenvalue weighted by Gasteiger charge is 2.28. The highest BCUT2D eigenvalue weighted by molar-refractivity contribution is 6.33. The summed E-state index contributed by atoms with van der Waals surface area (Å²) in [5, 5.41) is 3.58. The zero-order chi connectivity index (χ0) is 24.9. The molecule has 8 heteroatoms. The number of piperidine rings is 1. The van der Waals surface area contributed by atoms with Crippen LogP contribution in [-0.4, -0.2) is 67.0 Å². The number of benzene rings is 2. The molecule has 2 aliphatic heterocycles. The molecule has 0 saturated carbocycles. The Bertz CT molecular complexity index is 1210. The average molecular weight is 504 g/mol. The monoisotopic (exact) mass is 503 g/mol. The zero-order valence-electron chi connectivity index (χ0n) is 20.1. The SMILES string of the molecule is O=C(NC1CCN(c2ccccc2C(=O)N2CCN(c3ccccn3)CC2)CC1)c1ccccc1Cl. The number of halogens is 1. The highest BCUT2D eigenvalue weighted by atomic mass is 35.5. The molecule has 0 aliphatic carbocycles. The summed E-state index contributed by atoms with van der Waals surface area (Å²) in [5.41, 5.74) is 2.20. The van der Waals surface area contributed by atoms with Crippen LogP contribution >= 0.6 is 11.6 Å². The van der Waals surface area contributed by atoms with Crippen molar-refractivity contribution in [1.82, 2.24) is 15.2 Å². The molecule has 2 aromatic carbocycles. The standard InChI is InChI=1S/C28H30ClN5O2/c29-24-9-3-1-7-22(24)27(35)31-21-12-15-32(16-13-21)25-10-4-2-8-23(25)28(36)34-19-17-33(18-20-34)26-11-5-6-14-30-26/h1-11,14,21H,12-13,15-20H2,(H,31,35). The lowest BCUT2D eigenvalue weighted by Crippen LogP contribution is -2.49. The van der Waals surface area contributed by atoms with Gasteiger partial charge in [-0.15, -0.1) is 0 Å². The summed E-state index contributed by atoms with van der Waals surface area (Å²) in [4.78, 5) is 37.0. The lowest BCUT2D eigenvalue weighted by molar-refractivity contribution is 0.0747. The molecule has 1 N–H and O–H groups in total. The normalized spacial score (nSPS) is 16.6. The van der Waals surface area contributed by atoms with Crippen molar-refractivity contribution in [2.24, 2.45) is 0 Å². The third kappa shape index (κ3) is 5.31. The Morgan fingerprint density at radius 1 is 0.778 bits per heavy atom. The summed E-state index contributed by atoms with van der Waals surface area (Å²) in [6.07, 6.45) is 3.41. The van der Waals surface area contributed by atoms with Gasteiger partial charge in [-0.1, -0.05) is 41.9 Å². The number of hydrogen-bond acceptors (Lipinski definition) is 5. The van der Waals surface area contributed by atoms with Crippen LogP contribution in [0.1, 0.15) is 33.6 Å². The van der Waals surface area contributed by atoms with Crippen molar-refractivity contribution in [3.05, 3.63) is 89.1 Å². The maximum Gasteiger partial charge on any atom is 0.256 e. The molecule has 2 aliphatic rings. The van der Waals surface area contributed by atoms with Crippen LogP contribution in [0.4, 0.5) is 11.5 Å². The van der Waals surface area contributed by atoms with Gasteiger partial charge in [-0.3, -0.25) is 9.59 Å². The van der Waals surface area contributed by atoms with Gasteiger partial charge in [0.1, 0.15) is 5.82 Å². The average Bonchev–Trinajstić information content (AvgIpc) is 2.94. The number of nitrogens with zero attached hydrogens (tertiary/aromatic N) is 4. The number of hydrogen-bond donors (Lipinski definition) is 1. The molecule has 2 fully saturated rings. The Balaban J connectivity index is 1.19. The Labute approximate surface area is 216 Å². The fourth-order valence-electron chi connectivity index (χ4n) is 4.95. The van der Waals surface area contributed by atoms with Crippen LogP contribution in [0.5, 0.6) is 0 Å². The maximum absolute atomic E-state index is 13.5. The first-order chi connectivity index (χ1) is 17.6. The second kappa shape index (κ2) is 11.0. The van der Waals surface area contributed by atoms with Crippen LogP contribution in [0.3, 0.4) is 0 Å². The molecule has 0 bridgehead atoms. The Kier molecular flexibility index (Phi) is 7.37. The molecule has 186 valence electrons. The third-order valence-electron chi connectivity index (χ3n) is 6.96. The van der Waals surface area contributed by atoms with Crippen molar-refractivity contribution in [3.63, 3.8) is 0 Å². The van der Waals surface area contributed by atoms with E-state index in [1.165, 1.54) is 0 Å². The molecule has 7 nitrogen and oxygen atoms in total. The van der Waals surface area contributed by atoms with Crippen LogP contribution in [-0.2, 0) is 0 Å². The van der Waals surface area contributed by atoms with Gasteiger partial charge in [0.05, 0.1) is 16.1 Å². The number of carbonyl (C=O) groups is 2. The smallest absolute Gasteiger partial charge is 0.256 e. The largest absolute Gasteiger partial charge is 0.371 e. The van der Waals surface area contributed by atoms with E-state index >= 15 is 0 Å². The highest BCUT2D eigenvalue weighted by Crippen LogP contribution is 2.26. The molecule has 0 unspecified atom stereocenters. The van der Waals surface area contributed by atoms with Gasteiger partial charge in [-0.2, -0.15) is 0 Å². The van der Waals surface area contributed by atoms with Gasteiger partial charge in [-0.25, -0.2) is 4.98 Å². The number of amides is 2. The van der Waals surface area contributed by atoms with Gasteiger partial charge in [0.2, 0.25) is 0 Å². The predicted molar refractivity (Wildman–Crippen MR) is 143 cm³/mol. The molecule has 3 aromatic rings. The minimum absolute atomic E-state index is 0.0698. The van der Waals surface area contributed by atoms with Crippen molar-refractivity contribution >= 4 is 34.9 Å². The van der Waals surface area contributed by atoms with E-state index in [1.54, 1.807) is 18.3 Å². The van der Waals surface area contributed by atoms with Gasteiger partial charge in [0.15, 0.2) is 0 Å². The van der Waals surface area contributed by atoms with E-state index in [0.29, 0.717) is 23.7 Å². The summed E-state index contributed by atoms with van der Waals surface area (Å²) in [6, 6.07) is 20.9. The number of anilines is 2. The Morgan fingerprint density at radius 3 is 2.14 bits per heavy atom. The zero-order valence-corrected chi connectivity index (χ0v) is 20.9. The lowest BCUT2D eigenvalue weighted by Gasteiger charge is -2.37. The number of pyridine rings is 1. The summed E-state index contributed by atoms with van der Waals surface area (Å²) in [5.74, 6) is 0.884. The van der Waals surface area contributed by atoms with Crippen LogP contribution < -0.4 is 15.1 Å². The molecule has 0 atom stereocenters. The van der Waals surface area contributed by atoms with Crippen molar-refractivity contribution in [1.29, 1.82) is 0 Å². The predicted octanol–water partition coefficient (Wildman–Crippen LogP) is 4.10. The van der Waals surface area contributed by atoms with Gasteiger partial charge in [-0.05, 0) is 49.2 Å². The number of para-hydroxylation sites is 1. The van der Waals surface area contributed by atoms with E-state index in [4.69, 9.17) is 11.6 Å². The molecule has 5 rings (SSSR count). The van der Waals surface area contributed by atoms with Crippen LogP contribution in [0, 0.1) is 0 Å². The van der Waals surface area contributed by atoms with Crippen LogP contribution in [0.2, 0.25) is 5.02 Å². The summed E-state index contributed by atoms with van der Waals surface area (Å²) < 4.78 is 0. The molecule has 3 heterocycles. The van der Waals surface area contributed by atoms with Crippen molar-refractivity contribution in [2.75, 3.05) is 49.1 Å². The number of carbonyl (C=O) groups excluding carboxylic acids is 2. The Hall–Kier alpha value is -3.58. The van der Waals surface area contributed by atoms with E-state index in [0.717, 1.165) is 56.1 Å². The molecule has 1 aromatic heterocycles. The minimum atomic E-state index is -0.139. The van der Waals surface area contributed by atoms with E-state index in [2.05, 4.69) is 20.1 Å².